The second-order valence-electron chi connectivity index (χ2n) is 4.94. The minimum absolute atomic E-state index is 0.877. The Morgan fingerprint density at radius 1 is 1.44 bits per heavy atom. The average molecular weight is 221 g/mol. The largest absolute Gasteiger partial charge is 0.334 e. The lowest BCUT2D eigenvalue weighted by Crippen LogP contribution is -2.36. The fourth-order valence-corrected chi connectivity index (χ4v) is 2.60. The number of nitrogens with zero attached hydrogens (tertiary/aromatic N) is 3. The van der Waals surface area contributed by atoms with Gasteiger partial charge >= 0.3 is 0 Å². The number of rotatable bonds is 4. The number of likely N-dealkylation sites (tertiary alicyclic amines) is 1. The molecule has 1 aromatic heterocycles. The zero-order valence-electron chi connectivity index (χ0n) is 10.5. The van der Waals surface area contributed by atoms with E-state index in [1.54, 1.807) is 0 Å². The van der Waals surface area contributed by atoms with Crippen LogP contribution in [0.3, 0.4) is 0 Å². The van der Waals surface area contributed by atoms with Crippen LogP contribution in [0.1, 0.15) is 32.5 Å². The third-order valence-corrected chi connectivity index (χ3v) is 3.52. The summed E-state index contributed by atoms with van der Waals surface area (Å²) in [7, 11) is 0. The molecule has 0 unspecified atom stereocenters. The highest BCUT2D eigenvalue weighted by Crippen LogP contribution is 2.15. The molecule has 1 aliphatic rings. The van der Waals surface area contributed by atoms with Gasteiger partial charge in [-0.25, -0.2) is 4.98 Å². The molecule has 3 heteroatoms. The first kappa shape index (κ1) is 11.6. The number of aryl methyl sites for hydroxylation is 1. The first-order chi connectivity index (χ1) is 7.79. The number of hydrogen-bond acceptors (Lipinski definition) is 2. The smallest absolute Gasteiger partial charge is 0.108 e. The average Bonchev–Trinajstić information content (AvgIpc) is 2.74. The van der Waals surface area contributed by atoms with Gasteiger partial charge in [0, 0.05) is 38.4 Å². The van der Waals surface area contributed by atoms with Gasteiger partial charge < -0.3 is 9.47 Å². The van der Waals surface area contributed by atoms with Crippen molar-refractivity contribution < 1.29 is 0 Å². The summed E-state index contributed by atoms with van der Waals surface area (Å²) in [5.41, 5.74) is 0. The standard InChI is InChI=1S/C13H23N3/c1-3-13-14-6-8-16(13)10-9-15-7-4-5-12(2)11-15/h6,8,12H,3-5,7,9-11H2,1-2H3/t12-/m0/s1. The summed E-state index contributed by atoms with van der Waals surface area (Å²) in [6.07, 6.45) is 7.82. The van der Waals surface area contributed by atoms with Gasteiger partial charge in [0.05, 0.1) is 0 Å². The van der Waals surface area contributed by atoms with Crippen LogP contribution in [0.5, 0.6) is 0 Å². The van der Waals surface area contributed by atoms with Gasteiger partial charge in [0.25, 0.3) is 0 Å². The van der Waals surface area contributed by atoms with Crippen molar-refractivity contribution in [2.45, 2.75) is 39.7 Å². The molecule has 3 nitrogen and oxygen atoms in total. The Morgan fingerprint density at radius 3 is 3.06 bits per heavy atom. The van der Waals surface area contributed by atoms with E-state index < -0.39 is 0 Å². The SMILES string of the molecule is CCc1nccn1CCN1CCC[C@H](C)C1. The van der Waals surface area contributed by atoms with Gasteiger partial charge in [-0.2, -0.15) is 0 Å². The molecule has 0 amide bonds. The van der Waals surface area contributed by atoms with Crippen LogP contribution in [-0.4, -0.2) is 34.1 Å². The highest BCUT2D eigenvalue weighted by molar-refractivity contribution is 4.91. The van der Waals surface area contributed by atoms with Crippen molar-refractivity contribution in [1.29, 1.82) is 0 Å². The first-order valence-corrected chi connectivity index (χ1v) is 6.52. The van der Waals surface area contributed by atoms with Crippen molar-refractivity contribution in [3.05, 3.63) is 18.2 Å². The van der Waals surface area contributed by atoms with Crippen LogP contribution < -0.4 is 0 Å². The molecule has 0 radical (unpaired) electrons. The number of hydrogen-bond donors (Lipinski definition) is 0. The molecule has 0 saturated carbocycles. The second-order valence-corrected chi connectivity index (χ2v) is 4.94. The van der Waals surface area contributed by atoms with Crippen LogP contribution in [0.4, 0.5) is 0 Å². The summed E-state index contributed by atoms with van der Waals surface area (Å²) >= 11 is 0. The maximum atomic E-state index is 4.36. The molecule has 1 aliphatic heterocycles. The summed E-state index contributed by atoms with van der Waals surface area (Å²) in [6.45, 7) is 9.35. The molecule has 0 bridgehead atoms. The lowest BCUT2D eigenvalue weighted by molar-refractivity contribution is 0.177. The Morgan fingerprint density at radius 2 is 2.31 bits per heavy atom. The molecule has 16 heavy (non-hydrogen) atoms. The van der Waals surface area contributed by atoms with Crippen molar-refractivity contribution >= 4 is 0 Å². The molecule has 0 aliphatic carbocycles. The summed E-state index contributed by atoms with van der Waals surface area (Å²) in [6, 6.07) is 0. The van der Waals surface area contributed by atoms with E-state index >= 15 is 0 Å². The van der Waals surface area contributed by atoms with E-state index in [2.05, 4.69) is 34.5 Å². The highest BCUT2D eigenvalue weighted by Gasteiger charge is 2.15. The lowest BCUT2D eigenvalue weighted by Gasteiger charge is -2.30. The number of aromatic nitrogens is 2. The minimum atomic E-state index is 0.877. The molecular formula is C13H23N3. The number of imidazole rings is 1. The Balaban J connectivity index is 1.82. The summed E-state index contributed by atoms with van der Waals surface area (Å²) in [5, 5.41) is 0. The van der Waals surface area contributed by atoms with Gasteiger partial charge in [-0.15, -0.1) is 0 Å². The van der Waals surface area contributed by atoms with Crippen molar-refractivity contribution in [2.75, 3.05) is 19.6 Å². The molecule has 90 valence electrons. The Hall–Kier alpha value is -0.830. The fourth-order valence-electron chi connectivity index (χ4n) is 2.60. The topological polar surface area (TPSA) is 21.1 Å². The highest BCUT2D eigenvalue weighted by atomic mass is 15.2. The molecule has 0 spiro atoms. The Kier molecular flexibility index (Phi) is 3.99. The van der Waals surface area contributed by atoms with Crippen LogP contribution in [0.2, 0.25) is 0 Å². The maximum Gasteiger partial charge on any atom is 0.108 e. The van der Waals surface area contributed by atoms with Crippen LogP contribution in [-0.2, 0) is 13.0 Å². The molecule has 0 aromatic carbocycles. The van der Waals surface area contributed by atoms with Gasteiger partial charge in [-0.3, -0.25) is 0 Å². The van der Waals surface area contributed by atoms with Crippen LogP contribution in [0.25, 0.3) is 0 Å². The quantitative estimate of drug-likeness (QED) is 0.777. The van der Waals surface area contributed by atoms with E-state index in [-0.39, 0.29) is 0 Å². The van der Waals surface area contributed by atoms with E-state index in [4.69, 9.17) is 0 Å². The Labute approximate surface area is 98.5 Å². The van der Waals surface area contributed by atoms with E-state index in [1.165, 1.54) is 38.3 Å². The van der Waals surface area contributed by atoms with Crippen molar-refractivity contribution in [1.82, 2.24) is 14.5 Å². The molecule has 0 N–H and O–H groups in total. The predicted octanol–water partition coefficient (Wildman–Crippen LogP) is 2.18. The van der Waals surface area contributed by atoms with Gasteiger partial charge in [0.2, 0.25) is 0 Å². The van der Waals surface area contributed by atoms with E-state index in [9.17, 15) is 0 Å². The predicted molar refractivity (Wildman–Crippen MR) is 66.4 cm³/mol. The fraction of sp³-hybridized carbons (Fsp3) is 0.769. The summed E-state index contributed by atoms with van der Waals surface area (Å²) in [5.74, 6) is 2.09. The van der Waals surface area contributed by atoms with Gasteiger partial charge in [0.15, 0.2) is 0 Å². The second kappa shape index (κ2) is 5.48. The first-order valence-electron chi connectivity index (χ1n) is 6.52. The third kappa shape index (κ3) is 2.85. The molecule has 2 rings (SSSR count). The van der Waals surface area contributed by atoms with E-state index in [0.29, 0.717) is 0 Å². The molecule has 2 heterocycles. The zero-order valence-corrected chi connectivity index (χ0v) is 10.5. The van der Waals surface area contributed by atoms with Gasteiger partial charge in [-0.1, -0.05) is 13.8 Å². The molecule has 1 aromatic rings. The monoisotopic (exact) mass is 221 g/mol. The van der Waals surface area contributed by atoms with Crippen molar-refractivity contribution in [3.63, 3.8) is 0 Å². The molecular weight excluding hydrogens is 198 g/mol. The van der Waals surface area contributed by atoms with Gasteiger partial charge in [0.1, 0.15) is 5.82 Å². The maximum absolute atomic E-state index is 4.36. The molecule has 1 saturated heterocycles. The third-order valence-electron chi connectivity index (χ3n) is 3.52. The van der Waals surface area contributed by atoms with Crippen LogP contribution >= 0.6 is 0 Å². The number of piperidine rings is 1. The summed E-state index contributed by atoms with van der Waals surface area (Å²) < 4.78 is 2.29. The normalized spacial score (nSPS) is 22.5. The molecule has 1 fully saturated rings. The van der Waals surface area contributed by atoms with Crippen molar-refractivity contribution in [2.24, 2.45) is 5.92 Å². The zero-order chi connectivity index (χ0) is 11.4. The minimum Gasteiger partial charge on any atom is -0.334 e. The van der Waals surface area contributed by atoms with Gasteiger partial charge in [-0.05, 0) is 25.3 Å². The lowest BCUT2D eigenvalue weighted by atomic mass is 10.0. The van der Waals surface area contributed by atoms with E-state index in [1.807, 2.05) is 6.20 Å². The van der Waals surface area contributed by atoms with Crippen LogP contribution in [0, 0.1) is 5.92 Å². The molecule has 1 atom stereocenters. The summed E-state index contributed by atoms with van der Waals surface area (Å²) in [4.78, 5) is 6.95. The Bertz CT molecular complexity index is 319. The van der Waals surface area contributed by atoms with E-state index in [0.717, 1.165) is 18.9 Å². The van der Waals surface area contributed by atoms with Crippen molar-refractivity contribution in [3.8, 4) is 0 Å². The van der Waals surface area contributed by atoms with Crippen LogP contribution in [0.15, 0.2) is 12.4 Å².